The maximum Gasteiger partial charge on any atom is 0.261 e. The summed E-state index contributed by atoms with van der Waals surface area (Å²) in [5, 5.41) is 6.30. The van der Waals surface area contributed by atoms with Crippen LogP contribution in [0, 0.1) is 0 Å². The third kappa shape index (κ3) is 6.10. The van der Waals surface area contributed by atoms with Crippen LogP contribution < -0.4 is 20.1 Å². The summed E-state index contributed by atoms with van der Waals surface area (Å²) in [6.07, 6.45) is 0. The molecule has 5 nitrogen and oxygen atoms in total. The second-order valence-corrected chi connectivity index (χ2v) is 7.23. The van der Waals surface area contributed by atoms with Gasteiger partial charge in [-0.2, -0.15) is 0 Å². The van der Waals surface area contributed by atoms with Gasteiger partial charge >= 0.3 is 0 Å². The summed E-state index contributed by atoms with van der Waals surface area (Å²) in [7, 11) is 0. The molecule has 0 saturated carbocycles. The molecule has 0 fully saturated rings. The topological polar surface area (TPSA) is 59.6 Å². The fraction of sp³-hybridized carbons (Fsp3) is 0.0909. The first-order valence-electron chi connectivity index (χ1n) is 9.00. The van der Waals surface area contributed by atoms with Crippen LogP contribution in [0.5, 0.6) is 11.5 Å². The zero-order valence-electron chi connectivity index (χ0n) is 15.7. The van der Waals surface area contributed by atoms with Crippen LogP contribution in [0.2, 0.25) is 10.0 Å². The van der Waals surface area contributed by atoms with Gasteiger partial charge in [0, 0.05) is 0 Å². The molecule has 0 atom stereocenters. The van der Waals surface area contributed by atoms with Crippen molar-refractivity contribution in [2.75, 3.05) is 18.5 Å². The quantitative estimate of drug-likeness (QED) is 0.356. The highest BCUT2D eigenvalue weighted by atomic mass is 35.5. The zero-order chi connectivity index (χ0) is 21.3. The summed E-state index contributed by atoms with van der Waals surface area (Å²) < 4.78 is 11.3. The first-order chi connectivity index (χ1) is 14.5. The van der Waals surface area contributed by atoms with Crippen molar-refractivity contribution in [3.8, 4) is 11.5 Å². The lowest BCUT2D eigenvalue weighted by molar-refractivity contribution is 0.0972. The summed E-state index contributed by atoms with van der Waals surface area (Å²) in [4.78, 5) is 12.7. The molecule has 0 saturated heterocycles. The van der Waals surface area contributed by atoms with Gasteiger partial charge in [0.25, 0.3) is 5.91 Å². The lowest BCUT2D eigenvalue weighted by Gasteiger charge is -2.14. The second-order valence-electron chi connectivity index (χ2n) is 6.01. The van der Waals surface area contributed by atoms with E-state index in [2.05, 4.69) is 10.6 Å². The molecule has 8 heteroatoms. The number of ether oxygens (including phenoxy) is 2. The van der Waals surface area contributed by atoms with E-state index in [0.717, 1.165) is 5.75 Å². The minimum Gasteiger partial charge on any atom is -0.490 e. The van der Waals surface area contributed by atoms with Crippen molar-refractivity contribution in [1.29, 1.82) is 0 Å². The molecular weight excluding hydrogens is 443 g/mol. The summed E-state index contributed by atoms with van der Waals surface area (Å²) in [6.45, 7) is 0.613. The van der Waals surface area contributed by atoms with Crippen molar-refractivity contribution in [2.24, 2.45) is 0 Å². The number of thiocarbonyl (C=S) groups is 1. The number of para-hydroxylation sites is 3. The van der Waals surface area contributed by atoms with Crippen molar-refractivity contribution in [1.82, 2.24) is 5.32 Å². The highest BCUT2D eigenvalue weighted by Gasteiger charge is 2.15. The van der Waals surface area contributed by atoms with E-state index in [1.807, 2.05) is 30.3 Å². The molecule has 0 bridgehead atoms. The molecule has 1 amide bonds. The van der Waals surface area contributed by atoms with Crippen molar-refractivity contribution in [2.45, 2.75) is 0 Å². The van der Waals surface area contributed by atoms with Crippen molar-refractivity contribution >= 4 is 52.1 Å². The fourth-order valence-electron chi connectivity index (χ4n) is 2.54. The van der Waals surface area contributed by atoms with E-state index in [1.54, 1.807) is 42.5 Å². The molecule has 154 valence electrons. The molecule has 2 N–H and O–H groups in total. The Labute approximate surface area is 189 Å². The van der Waals surface area contributed by atoms with Crippen LogP contribution in [0.4, 0.5) is 5.69 Å². The Kier molecular flexibility index (Phi) is 7.90. The summed E-state index contributed by atoms with van der Waals surface area (Å²) in [5.41, 5.74) is 0.764. The Bertz CT molecular complexity index is 1010. The van der Waals surface area contributed by atoms with E-state index < -0.39 is 5.91 Å². The third-order valence-electron chi connectivity index (χ3n) is 3.91. The van der Waals surface area contributed by atoms with Gasteiger partial charge in [0.1, 0.15) is 24.7 Å². The molecular formula is C22H18Cl2N2O3S. The number of anilines is 1. The zero-order valence-corrected chi connectivity index (χ0v) is 18.1. The van der Waals surface area contributed by atoms with Crippen molar-refractivity contribution in [3.05, 3.63) is 88.4 Å². The second kappa shape index (κ2) is 10.8. The Morgan fingerprint density at radius 1 is 0.833 bits per heavy atom. The number of halogens is 2. The molecule has 0 aliphatic rings. The molecule has 0 aromatic heterocycles. The Morgan fingerprint density at radius 2 is 1.47 bits per heavy atom. The van der Waals surface area contributed by atoms with Crippen LogP contribution in [0.3, 0.4) is 0 Å². The van der Waals surface area contributed by atoms with E-state index in [-0.39, 0.29) is 11.7 Å². The van der Waals surface area contributed by atoms with Gasteiger partial charge in [-0.3, -0.25) is 10.1 Å². The standard InChI is InChI=1S/C22H18Cl2N2O3S/c23-17-10-6-11-18(24)20(17)25-22(30)26-21(27)16-9-4-5-12-19(16)29-14-13-28-15-7-2-1-3-8-15/h1-12H,13-14H2,(H2,25,26,27,30). The number of hydrogen-bond donors (Lipinski definition) is 2. The SMILES string of the molecule is O=C(NC(=S)Nc1c(Cl)cccc1Cl)c1ccccc1OCCOc1ccccc1. The molecule has 0 spiro atoms. The Hall–Kier alpha value is -2.80. The molecule has 0 aliphatic heterocycles. The van der Waals surface area contributed by atoms with Gasteiger partial charge in [-0.05, 0) is 48.6 Å². The summed E-state index contributed by atoms with van der Waals surface area (Å²) in [6, 6.07) is 21.3. The molecule has 0 unspecified atom stereocenters. The van der Waals surface area contributed by atoms with E-state index in [1.165, 1.54) is 0 Å². The van der Waals surface area contributed by atoms with Crippen molar-refractivity contribution in [3.63, 3.8) is 0 Å². The number of carbonyl (C=O) groups is 1. The van der Waals surface area contributed by atoms with Gasteiger partial charge in [0.05, 0.1) is 21.3 Å². The predicted octanol–water partition coefficient (Wildman–Crippen LogP) is 5.58. The predicted molar refractivity (Wildman–Crippen MR) is 124 cm³/mol. The Morgan fingerprint density at radius 3 is 2.20 bits per heavy atom. The molecule has 3 rings (SSSR count). The normalized spacial score (nSPS) is 10.2. The number of benzene rings is 3. The van der Waals surface area contributed by atoms with Gasteiger partial charge in [-0.15, -0.1) is 0 Å². The van der Waals surface area contributed by atoms with E-state index in [0.29, 0.717) is 33.7 Å². The minimum atomic E-state index is -0.421. The lowest BCUT2D eigenvalue weighted by Crippen LogP contribution is -2.34. The van der Waals surface area contributed by atoms with E-state index in [4.69, 9.17) is 44.9 Å². The number of amides is 1. The number of hydrogen-bond acceptors (Lipinski definition) is 4. The van der Waals surface area contributed by atoms with Crippen LogP contribution >= 0.6 is 35.4 Å². The van der Waals surface area contributed by atoms with Crippen LogP contribution in [-0.4, -0.2) is 24.2 Å². The number of rotatable bonds is 7. The van der Waals surface area contributed by atoms with E-state index in [9.17, 15) is 4.79 Å². The van der Waals surface area contributed by atoms with Gasteiger partial charge in [0.15, 0.2) is 5.11 Å². The molecule has 0 radical (unpaired) electrons. The minimum absolute atomic E-state index is 0.0669. The number of nitrogens with one attached hydrogen (secondary N) is 2. The van der Waals surface area contributed by atoms with E-state index >= 15 is 0 Å². The third-order valence-corrected chi connectivity index (χ3v) is 4.75. The number of carbonyl (C=O) groups excluding carboxylic acids is 1. The first kappa shape index (κ1) is 21.9. The summed E-state index contributed by atoms with van der Waals surface area (Å²) in [5.74, 6) is 0.752. The maximum absolute atomic E-state index is 12.7. The van der Waals surface area contributed by atoms with Crippen LogP contribution in [-0.2, 0) is 0 Å². The molecule has 30 heavy (non-hydrogen) atoms. The average Bonchev–Trinajstić information content (AvgIpc) is 2.75. The smallest absolute Gasteiger partial charge is 0.261 e. The maximum atomic E-state index is 12.7. The molecule has 0 heterocycles. The van der Waals surface area contributed by atoms with Gasteiger partial charge in [-0.25, -0.2) is 0 Å². The van der Waals surface area contributed by atoms with Gasteiger partial charge < -0.3 is 14.8 Å². The van der Waals surface area contributed by atoms with Crippen molar-refractivity contribution < 1.29 is 14.3 Å². The average molecular weight is 461 g/mol. The van der Waals surface area contributed by atoms with Crippen LogP contribution in [0.15, 0.2) is 72.8 Å². The van der Waals surface area contributed by atoms with Crippen LogP contribution in [0.1, 0.15) is 10.4 Å². The van der Waals surface area contributed by atoms with Gasteiger partial charge in [-0.1, -0.05) is 59.6 Å². The molecule has 3 aromatic carbocycles. The fourth-order valence-corrected chi connectivity index (χ4v) is 3.23. The Balaban J connectivity index is 1.57. The highest BCUT2D eigenvalue weighted by molar-refractivity contribution is 7.80. The lowest BCUT2D eigenvalue weighted by atomic mass is 10.2. The molecule has 3 aromatic rings. The van der Waals surface area contributed by atoms with Crippen LogP contribution in [0.25, 0.3) is 0 Å². The molecule has 0 aliphatic carbocycles. The van der Waals surface area contributed by atoms with Gasteiger partial charge in [0.2, 0.25) is 0 Å². The highest BCUT2D eigenvalue weighted by Crippen LogP contribution is 2.29. The first-order valence-corrected chi connectivity index (χ1v) is 10.2. The summed E-state index contributed by atoms with van der Waals surface area (Å²) >= 11 is 17.4. The monoisotopic (exact) mass is 460 g/mol. The largest absolute Gasteiger partial charge is 0.490 e.